The van der Waals surface area contributed by atoms with Crippen LogP contribution in [0.2, 0.25) is 5.28 Å². The number of thiazole rings is 1. The first-order valence-corrected chi connectivity index (χ1v) is 5.76. The Balaban J connectivity index is 2.18. The Morgan fingerprint density at radius 1 is 1.43 bits per heavy atom. The number of aryl methyl sites for hydroxylation is 1. The van der Waals surface area contributed by atoms with Crippen LogP contribution in [0.1, 0.15) is 5.69 Å². The van der Waals surface area contributed by atoms with Crippen LogP contribution in [-0.4, -0.2) is 20.2 Å². The molecule has 0 bridgehead atoms. The molecular formula is C7H5ClN4S2. The Bertz CT molecular complexity index is 445. The lowest BCUT2D eigenvalue weighted by atomic mass is 10.6. The first kappa shape index (κ1) is 9.82. The van der Waals surface area contributed by atoms with Crippen molar-refractivity contribution >= 4 is 34.7 Å². The molecule has 0 radical (unpaired) electrons. The van der Waals surface area contributed by atoms with E-state index in [0.29, 0.717) is 5.03 Å². The normalized spacial score (nSPS) is 10.4. The van der Waals surface area contributed by atoms with E-state index in [4.69, 9.17) is 11.6 Å². The topological polar surface area (TPSA) is 51.6 Å². The molecule has 0 aromatic carbocycles. The second-order valence-corrected chi connectivity index (χ2v) is 4.88. The van der Waals surface area contributed by atoms with Crippen molar-refractivity contribution < 1.29 is 0 Å². The minimum atomic E-state index is 0.156. The molecule has 0 unspecified atom stereocenters. The highest BCUT2D eigenvalue weighted by Gasteiger charge is 2.04. The average Bonchev–Trinajstić information content (AvgIpc) is 2.51. The number of hydrogen-bond donors (Lipinski definition) is 0. The predicted molar refractivity (Wildman–Crippen MR) is 55.8 cm³/mol. The highest BCUT2D eigenvalue weighted by atomic mass is 35.5. The smallest absolute Gasteiger partial charge is 0.235 e. The summed E-state index contributed by atoms with van der Waals surface area (Å²) in [7, 11) is 0. The van der Waals surface area contributed by atoms with E-state index in [1.54, 1.807) is 17.5 Å². The molecule has 0 spiro atoms. The monoisotopic (exact) mass is 244 g/mol. The summed E-state index contributed by atoms with van der Waals surface area (Å²) in [6.45, 7) is 1.95. The predicted octanol–water partition coefficient (Wildman–Crippen LogP) is 2.44. The number of halogens is 1. The molecular weight excluding hydrogens is 240 g/mol. The Labute approximate surface area is 93.8 Å². The molecule has 2 rings (SSSR count). The minimum Gasteiger partial charge on any atom is -0.235 e. The fraction of sp³-hybridized carbons (Fsp3) is 0.143. The van der Waals surface area contributed by atoms with Crippen LogP contribution in [0.3, 0.4) is 0 Å². The van der Waals surface area contributed by atoms with Crippen LogP contribution < -0.4 is 0 Å². The lowest BCUT2D eigenvalue weighted by Crippen LogP contribution is -1.87. The van der Waals surface area contributed by atoms with Crippen molar-refractivity contribution in [1.82, 2.24) is 20.2 Å². The van der Waals surface area contributed by atoms with Gasteiger partial charge in [0.25, 0.3) is 0 Å². The molecule has 14 heavy (non-hydrogen) atoms. The summed E-state index contributed by atoms with van der Waals surface area (Å²) >= 11 is 8.60. The van der Waals surface area contributed by atoms with Crippen molar-refractivity contribution in [3.8, 4) is 0 Å². The summed E-state index contributed by atoms with van der Waals surface area (Å²) in [6.07, 6.45) is 1.56. The van der Waals surface area contributed by atoms with E-state index in [9.17, 15) is 0 Å². The highest BCUT2D eigenvalue weighted by Crippen LogP contribution is 2.28. The molecule has 0 fully saturated rings. The van der Waals surface area contributed by atoms with Crippen molar-refractivity contribution in [3.05, 3.63) is 22.6 Å². The van der Waals surface area contributed by atoms with Crippen LogP contribution in [0.4, 0.5) is 0 Å². The molecule has 0 aliphatic rings. The van der Waals surface area contributed by atoms with Gasteiger partial charge in [-0.1, -0.05) is 0 Å². The molecule has 0 aliphatic carbocycles. The zero-order chi connectivity index (χ0) is 9.97. The van der Waals surface area contributed by atoms with Crippen molar-refractivity contribution in [2.45, 2.75) is 16.3 Å². The fourth-order valence-corrected chi connectivity index (χ4v) is 2.68. The fourth-order valence-electron chi connectivity index (χ4n) is 0.786. The second-order valence-electron chi connectivity index (χ2n) is 2.42. The van der Waals surface area contributed by atoms with Gasteiger partial charge >= 0.3 is 0 Å². The Kier molecular flexibility index (Phi) is 2.95. The van der Waals surface area contributed by atoms with Crippen molar-refractivity contribution in [3.63, 3.8) is 0 Å². The molecule has 2 aromatic heterocycles. The lowest BCUT2D eigenvalue weighted by Gasteiger charge is -1.94. The molecule has 2 aromatic rings. The summed E-state index contributed by atoms with van der Waals surface area (Å²) in [6, 6.07) is 0. The summed E-state index contributed by atoms with van der Waals surface area (Å²) < 4.78 is 0.930. The molecule has 7 heteroatoms. The van der Waals surface area contributed by atoms with Gasteiger partial charge in [-0.3, -0.25) is 0 Å². The third-order valence-electron chi connectivity index (χ3n) is 1.30. The second kappa shape index (κ2) is 4.20. The number of hydrogen-bond acceptors (Lipinski definition) is 6. The number of aromatic nitrogens is 4. The summed E-state index contributed by atoms with van der Waals surface area (Å²) in [5.74, 6) is 0. The van der Waals surface area contributed by atoms with E-state index in [2.05, 4.69) is 20.2 Å². The van der Waals surface area contributed by atoms with Gasteiger partial charge in [-0.15, -0.1) is 16.4 Å². The molecule has 0 aliphatic heterocycles. The summed E-state index contributed by atoms with van der Waals surface area (Å²) in [5.41, 5.74) is 1.01. The van der Waals surface area contributed by atoms with Crippen LogP contribution >= 0.6 is 34.7 Å². The van der Waals surface area contributed by atoms with Crippen LogP contribution in [0.5, 0.6) is 0 Å². The van der Waals surface area contributed by atoms with Gasteiger partial charge in [-0.05, 0) is 30.3 Å². The van der Waals surface area contributed by atoms with Gasteiger partial charge in [-0.25, -0.2) is 9.97 Å². The van der Waals surface area contributed by atoms with Gasteiger partial charge in [0.1, 0.15) is 5.03 Å². The third-order valence-corrected chi connectivity index (χ3v) is 3.42. The molecule has 0 N–H and O–H groups in total. The van der Waals surface area contributed by atoms with Gasteiger partial charge in [0.2, 0.25) is 5.28 Å². The molecule has 4 nitrogen and oxygen atoms in total. The maximum Gasteiger partial charge on any atom is 0.244 e. The van der Waals surface area contributed by atoms with Crippen molar-refractivity contribution in [2.75, 3.05) is 0 Å². The van der Waals surface area contributed by atoms with Gasteiger partial charge in [0.05, 0.1) is 6.20 Å². The lowest BCUT2D eigenvalue weighted by molar-refractivity contribution is 0.903. The summed E-state index contributed by atoms with van der Waals surface area (Å²) in [5, 5.41) is 10.1. The minimum absolute atomic E-state index is 0.156. The Hall–Kier alpha value is -0.720. The molecule has 72 valence electrons. The Morgan fingerprint density at radius 3 is 2.93 bits per heavy atom. The molecule has 0 atom stereocenters. The zero-order valence-corrected chi connectivity index (χ0v) is 9.53. The number of rotatable bonds is 2. The van der Waals surface area contributed by atoms with E-state index in [0.717, 1.165) is 10.0 Å². The molecule has 0 saturated heterocycles. The van der Waals surface area contributed by atoms with Crippen LogP contribution in [0, 0.1) is 6.92 Å². The molecule has 0 saturated carbocycles. The van der Waals surface area contributed by atoms with Crippen LogP contribution in [0.25, 0.3) is 0 Å². The van der Waals surface area contributed by atoms with E-state index in [1.807, 2.05) is 12.3 Å². The van der Waals surface area contributed by atoms with Crippen LogP contribution in [0.15, 0.2) is 20.9 Å². The molecule has 2 heterocycles. The molecule has 0 amide bonds. The third kappa shape index (κ3) is 2.40. The van der Waals surface area contributed by atoms with Gasteiger partial charge < -0.3 is 0 Å². The standard InChI is InChI=1S/C7H5ClN4S2/c1-4-3-13-7(10-4)14-5-2-9-12-6(8)11-5/h2-3H,1H3. The van der Waals surface area contributed by atoms with E-state index in [-0.39, 0.29) is 5.28 Å². The van der Waals surface area contributed by atoms with E-state index in [1.165, 1.54) is 11.8 Å². The SMILES string of the molecule is Cc1csc(Sc2cnnc(Cl)n2)n1. The average molecular weight is 245 g/mol. The highest BCUT2D eigenvalue weighted by molar-refractivity contribution is 8.00. The van der Waals surface area contributed by atoms with Gasteiger partial charge in [-0.2, -0.15) is 5.10 Å². The summed E-state index contributed by atoms with van der Waals surface area (Å²) in [4.78, 5) is 8.29. The largest absolute Gasteiger partial charge is 0.244 e. The maximum atomic E-state index is 5.60. The van der Waals surface area contributed by atoms with Crippen molar-refractivity contribution in [2.24, 2.45) is 0 Å². The zero-order valence-electron chi connectivity index (χ0n) is 7.14. The van der Waals surface area contributed by atoms with Crippen molar-refractivity contribution in [1.29, 1.82) is 0 Å². The van der Waals surface area contributed by atoms with E-state index < -0.39 is 0 Å². The first-order chi connectivity index (χ1) is 6.74. The van der Waals surface area contributed by atoms with Gasteiger partial charge in [0, 0.05) is 11.1 Å². The van der Waals surface area contributed by atoms with Crippen LogP contribution in [-0.2, 0) is 0 Å². The quantitative estimate of drug-likeness (QED) is 0.812. The Morgan fingerprint density at radius 2 is 2.29 bits per heavy atom. The maximum absolute atomic E-state index is 5.60. The van der Waals surface area contributed by atoms with Gasteiger partial charge in [0.15, 0.2) is 4.34 Å². The van der Waals surface area contributed by atoms with E-state index >= 15 is 0 Å². The first-order valence-electron chi connectivity index (χ1n) is 3.69. The number of nitrogens with zero attached hydrogens (tertiary/aromatic N) is 4.